The molecule has 1 atom stereocenters. The SMILES string of the molecule is CCOc1ccc(NC(=O)NCCN2CCC[C@H](CO)C2)cc1Cl. The summed E-state index contributed by atoms with van der Waals surface area (Å²) in [5.74, 6) is 0.965. The van der Waals surface area contributed by atoms with Gasteiger partial charge in [0.1, 0.15) is 5.75 Å². The third kappa shape index (κ3) is 5.85. The average Bonchev–Trinajstić information content (AvgIpc) is 2.57. The third-order valence-electron chi connectivity index (χ3n) is 4.06. The first-order valence-electron chi connectivity index (χ1n) is 8.42. The van der Waals surface area contributed by atoms with Crippen LogP contribution in [-0.4, -0.2) is 55.4 Å². The summed E-state index contributed by atoms with van der Waals surface area (Å²) >= 11 is 6.10. The Kier molecular flexibility index (Phi) is 7.62. The highest BCUT2D eigenvalue weighted by Gasteiger charge is 2.18. The minimum Gasteiger partial charge on any atom is -0.492 e. The highest BCUT2D eigenvalue weighted by Crippen LogP contribution is 2.27. The Morgan fingerprint density at radius 3 is 3.04 bits per heavy atom. The zero-order valence-electron chi connectivity index (χ0n) is 14.1. The van der Waals surface area contributed by atoms with Gasteiger partial charge in [-0.05, 0) is 50.4 Å². The van der Waals surface area contributed by atoms with Crippen LogP contribution >= 0.6 is 11.6 Å². The molecule has 2 amide bonds. The largest absolute Gasteiger partial charge is 0.492 e. The summed E-state index contributed by atoms with van der Waals surface area (Å²) in [6.07, 6.45) is 2.18. The summed E-state index contributed by atoms with van der Waals surface area (Å²) < 4.78 is 5.36. The third-order valence-corrected chi connectivity index (χ3v) is 4.36. The van der Waals surface area contributed by atoms with E-state index in [0.717, 1.165) is 32.5 Å². The van der Waals surface area contributed by atoms with Crippen molar-refractivity contribution < 1.29 is 14.6 Å². The zero-order valence-corrected chi connectivity index (χ0v) is 14.8. The smallest absolute Gasteiger partial charge is 0.319 e. The number of nitrogens with one attached hydrogen (secondary N) is 2. The lowest BCUT2D eigenvalue weighted by Gasteiger charge is -2.31. The Labute approximate surface area is 148 Å². The molecule has 0 aromatic heterocycles. The lowest BCUT2D eigenvalue weighted by Crippen LogP contribution is -2.42. The Bertz CT molecular complexity index is 542. The van der Waals surface area contributed by atoms with Crippen molar-refractivity contribution in [3.8, 4) is 5.75 Å². The van der Waals surface area contributed by atoms with Gasteiger partial charge in [0.05, 0.1) is 11.6 Å². The van der Waals surface area contributed by atoms with Crippen molar-refractivity contribution in [2.75, 3.05) is 44.7 Å². The van der Waals surface area contributed by atoms with Crippen molar-refractivity contribution in [2.45, 2.75) is 19.8 Å². The molecule has 0 unspecified atom stereocenters. The molecule has 3 N–H and O–H groups in total. The molecule has 0 saturated carbocycles. The van der Waals surface area contributed by atoms with Crippen LogP contribution in [0.3, 0.4) is 0 Å². The summed E-state index contributed by atoms with van der Waals surface area (Å²) in [6.45, 7) is 5.94. The van der Waals surface area contributed by atoms with Crippen LogP contribution in [0.25, 0.3) is 0 Å². The number of aliphatic hydroxyl groups excluding tert-OH is 1. The van der Waals surface area contributed by atoms with Gasteiger partial charge in [-0.3, -0.25) is 0 Å². The van der Waals surface area contributed by atoms with Crippen LogP contribution in [0.5, 0.6) is 5.75 Å². The van der Waals surface area contributed by atoms with Crippen molar-refractivity contribution in [3.63, 3.8) is 0 Å². The van der Waals surface area contributed by atoms with Gasteiger partial charge in [-0.15, -0.1) is 0 Å². The Hall–Kier alpha value is -1.50. The van der Waals surface area contributed by atoms with Crippen LogP contribution in [0.2, 0.25) is 5.02 Å². The number of urea groups is 1. The second kappa shape index (κ2) is 9.71. The molecule has 1 heterocycles. The second-order valence-electron chi connectivity index (χ2n) is 5.95. The maximum atomic E-state index is 11.9. The molecule has 2 rings (SSSR count). The molecular formula is C17H26ClN3O3. The quantitative estimate of drug-likeness (QED) is 0.702. The molecule has 1 aromatic rings. The topological polar surface area (TPSA) is 73.8 Å². The van der Waals surface area contributed by atoms with E-state index in [1.165, 1.54) is 0 Å². The minimum atomic E-state index is -0.258. The van der Waals surface area contributed by atoms with Crippen LogP contribution in [0, 0.1) is 5.92 Å². The van der Waals surface area contributed by atoms with Crippen LogP contribution in [-0.2, 0) is 0 Å². The fourth-order valence-corrected chi connectivity index (χ4v) is 3.09. The molecule has 0 spiro atoms. The van der Waals surface area contributed by atoms with Gasteiger partial charge in [0.2, 0.25) is 0 Å². The molecule has 134 valence electrons. The summed E-state index contributed by atoms with van der Waals surface area (Å²) in [7, 11) is 0. The standard InChI is InChI=1S/C17H26ClN3O3/c1-2-24-16-6-5-14(10-15(16)18)20-17(23)19-7-9-21-8-3-4-13(11-21)12-22/h5-6,10,13,22H,2-4,7-9,11-12H2,1H3,(H2,19,20,23)/t13-/m0/s1. The van der Waals surface area contributed by atoms with Gasteiger partial charge in [0, 0.05) is 31.9 Å². The number of hydrogen-bond donors (Lipinski definition) is 3. The van der Waals surface area contributed by atoms with Crippen LogP contribution in [0.4, 0.5) is 10.5 Å². The molecule has 0 bridgehead atoms. The number of carbonyl (C=O) groups is 1. The van der Waals surface area contributed by atoms with E-state index in [1.807, 2.05) is 6.92 Å². The van der Waals surface area contributed by atoms with Gasteiger partial charge in [0.15, 0.2) is 0 Å². The number of rotatable bonds is 7. The number of hydrogen-bond acceptors (Lipinski definition) is 4. The van der Waals surface area contributed by atoms with E-state index in [2.05, 4.69) is 15.5 Å². The van der Waals surface area contributed by atoms with Crippen molar-refractivity contribution in [1.82, 2.24) is 10.2 Å². The fraction of sp³-hybridized carbons (Fsp3) is 0.588. The Balaban J connectivity index is 1.72. The lowest BCUT2D eigenvalue weighted by molar-refractivity contribution is 0.121. The van der Waals surface area contributed by atoms with Crippen molar-refractivity contribution in [2.24, 2.45) is 5.92 Å². The summed E-state index contributed by atoms with van der Waals surface area (Å²) in [6, 6.07) is 4.91. The van der Waals surface area contributed by atoms with E-state index in [0.29, 0.717) is 35.5 Å². The van der Waals surface area contributed by atoms with Crippen molar-refractivity contribution in [1.29, 1.82) is 0 Å². The normalized spacial score (nSPS) is 18.2. The first-order valence-corrected chi connectivity index (χ1v) is 8.80. The Morgan fingerprint density at radius 1 is 1.50 bits per heavy atom. The number of benzene rings is 1. The lowest BCUT2D eigenvalue weighted by atomic mass is 9.99. The first-order chi connectivity index (χ1) is 11.6. The van der Waals surface area contributed by atoms with Crippen LogP contribution in [0.15, 0.2) is 18.2 Å². The average molecular weight is 356 g/mol. The van der Waals surface area contributed by atoms with E-state index in [9.17, 15) is 9.90 Å². The molecule has 1 aromatic carbocycles. The van der Waals surface area contributed by atoms with Gasteiger partial charge in [-0.2, -0.15) is 0 Å². The van der Waals surface area contributed by atoms with Gasteiger partial charge >= 0.3 is 6.03 Å². The van der Waals surface area contributed by atoms with Crippen molar-refractivity contribution >= 4 is 23.3 Å². The van der Waals surface area contributed by atoms with Crippen molar-refractivity contribution in [3.05, 3.63) is 23.2 Å². The maximum Gasteiger partial charge on any atom is 0.319 e. The number of anilines is 1. The van der Waals surface area contributed by atoms with Gasteiger partial charge in [-0.1, -0.05) is 11.6 Å². The highest BCUT2D eigenvalue weighted by molar-refractivity contribution is 6.32. The fourth-order valence-electron chi connectivity index (χ4n) is 2.86. The second-order valence-corrected chi connectivity index (χ2v) is 6.36. The predicted octanol–water partition coefficient (Wildman–Crippen LogP) is 2.56. The molecule has 24 heavy (non-hydrogen) atoms. The molecule has 0 aliphatic carbocycles. The zero-order chi connectivity index (χ0) is 17.4. The maximum absolute atomic E-state index is 11.9. The monoisotopic (exact) mass is 355 g/mol. The highest BCUT2D eigenvalue weighted by atomic mass is 35.5. The number of ether oxygens (including phenoxy) is 1. The van der Waals surface area contributed by atoms with E-state index >= 15 is 0 Å². The van der Waals surface area contributed by atoms with E-state index in [-0.39, 0.29) is 12.6 Å². The Morgan fingerprint density at radius 2 is 2.33 bits per heavy atom. The number of carbonyl (C=O) groups excluding carboxylic acids is 1. The summed E-state index contributed by atoms with van der Waals surface area (Å²) in [5, 5.41) is 15.3. The van der Waals surface area contributed by atoms with Gasteiger partial charge in [0.25, 0.3) is 0 Å². The number of piperidine rings is 1. The molecule has 1 fully saturated rings. The molecule has 7 heteroatoms. The number of halogens is 1. The van der Waals surface area contributed by atoms with Crippen LogP contribution < -0.4 is 15.4 Å². The van der Waals surface area contributed by atoms with Gasteiger partial charge in [-0.25, -0.2) is 4.79 Å². The number of likely N-dealkylation sites (tertiary alicyclic amines) is 1. The van der Waals surface area contributed by atoms with E-state index < -0.39 is 0 Å². The summed E-state index contributed by atoms with van der Waals surface area (Å²) in [5.41, 5.74) is 0.624. The van der Waals surface area contributed by atoms with Gasteiger partial charge < -0.3 is 25.4 Å². The molecule has 1 saturated heterocycles. The number of amides is 2. The minimum absolute atomic E-state index is 0.239. The first kappa shape index (κ1) is 18.8. The van der Waals surface area contributed by atoms with E-state index in [4.69, 9.17) is 16.3 Å². The summed E-state index contributed by atoms with van der Waals surface area (Å²) in [4.78, 5) is 14.2. The predicted molar refractivity (Wildman–Crippen MR) is 95.9 cm³/mol. The molecular weight excluding hydrogens is 330 g/mol. The molecule has 0 radical (unpaired) electrons. The molecule has 1 aliphatic rings. The van der Waals surface area contributed by atoms with Crippen LogP contribution in [0.1, 0.15) is 19.8 Å². The molecule has 1 aliphatic heterocycles. The number of aliphatic hydroxyl groups is 1. The number of nitrogens with zero attached hydrogens (tertiary/aromatic N) is 1. The van der Waals surface area contributed by atoms with E-state index in [1.54, 1.807) is 18.2 Å². The molecule has 6 nitrogen and oxygen atoms in total.